The molecule has 1 saturated heterocycles. The Bertz CT molecular complexity index is 1390. The third-order valence-corrected chi connectivity index (χ3v) is 5.88. The molecule has 1 fully saturated rings. The highest BCUT2D eigenvalue weighted by atomic mass is 32.2. The first-order chi connectivity index (χ1) is 16.1. The van der Waals surface area contributed by atoms with E-state index in [4.69, 9.17) is 4.74 Å². The van der Waals surface area contributed by atoms with Crippen LogP contribution in [-0.4, -0.2) is 25.6 Å². The number of nitro groups is 2. The van der Waals surface area contributed by atoms with Crippen molar-refractivity contribution in [3.05, 3.63) is 90.6 Å². The zero-order valence-electron chi connectivity index (χ0n) is 17.8. The van der Waals surface area contributed by atoms with Gasteiger partial charge in [-0.1, -0.05) is 0 Å². The van der Waals surface area contributed by atoms with Crippen LogP contribution in [0.1, 0.15) is 17.0 Å². The molecular weight excluding hydrogens is 464 g/mol. The maximum absolute atomic E-state index is 11.9. The van der Waals surface area contributed by atoms with Crippen molar-refractivity contribution < 1.29 is 24.2 Å². The Morgan fingerprint density at radius 1 is 1.00 bits per heavy atom. The second kappa shape index (κ2) is 8.83. The van der Waals surface area contributed by atoms with Crippen LogP contribution in [0.5, 0.6) is 11.5 Å². The minimum atomic E-state index is -0.740. The van der Waals surface area contributed by atoms with Crippen LogP contribution < -0.4 is 10.1 Å². The molecule has 1 N–H and O–H groups in total. The van der Waals surface area contributed by atoms with Crippen LogP contribution in [0, 0.1) is 34.1 Å². The molecule has 2 heterocycles. The van der Waals surface area contributed by atoms with Crippen molar-refractivity contribution >= 4 is 40.4 Å². The highest BCUT2D eigenvalue weighted by molar-refractivity contribution is 8.18. The van der Waals surface area contributed by atoms with Gasteiger partial charge in [-0.15, -0.1) is 0 Å². The SMILES string of the molecule is Cc1cc(/C=C2/SC(=O)NC2=O)c(C)n1-c1ccc(Oc2ccc([N+](=O)[O-])cc2[N+](=O)[O-])cc1. The maximum Gasteiger partial charge on any atom is 0.318 e. The third-order valence-electron chi connectivity index (χ3n) is 5.07. The summed E-state index contributed by atoms with van der Waals surface area (Å²) in [7, 11) is 0. The molecule has 1 aliphatic heterocycles. The molecule has 34 heavy (non-hydrogen) atoms. The third kappa shape index (κ3) is 4.38. The summed E-state index contributed by atoms with van der Waals surface area (Å²) in [5, 5.41) is 24.0. The van der Waals surface area contributed by atoms with Gasteiger partial charge < -0.3 is 9.30 Å². The number of rotatable bonds is 6. The molecule has 3 aromatic rings. The largest absolute Gasteiger partial charge is 0.450 e. The van der Waals surface area contributed by atoms with Gasteiger partial charge in [-0.25, -0.2) is 0 Å². The molecule has 0 bridgehead atoms. The maximum atomic E-state index is 11.9. The van der Waals surface area contributed by atoms with Gasteiger partial charge in [-0.2, -0.15) is 0 Å². The van der Waals surface area contributed by atoms with Crippen LogP contribution in [0.15, 0.2) is 53.4 Å². The number of carbonyl (C=O) groups excluding carboxylic acids is 2. The lowest BCUT2D eigenvalue weighted by Gasteiger charge is -2.11. The second-order valence-electron chi connectivity index (χ2n) is 7.28. The lowest BCUT2D eigenvalue weighted by atomic mass is 10.2. The van der Waals surface area contributed by atoms with E-state index >= 15 is 0 Å². The molecule has 0 radical (unpaired) electrons. The summed E-state index contributed by atoms with van der Waals surface area (Å²) in [4.78, 5) is 44.3. The standard InChI is InChI=1S/C22H16N4O7S/c1-12-9-14(10-20-21(27)23-22(28)34-20)13(2)24(12)15-3-6-17(7-4-15)33-19-8-5-16(25(29)30)11-18(19)26(31)32/h3-11H,1-2H3,(H,23,27,28)/b20-10+. The van der Waals surface area contributed by atoms with E-state index in [-0.39, 0.29) is 5.75 Å². The summed E-state index contributed by atoms with van der Waals surface area (Å²) in [6.07, 6.45) is 1.66. The summed E-state index contributed by atoms with van der Waals surface area (Å²) in [5.74, 6) is -0.239. The van der Waals surface area contributed by atoms with Crippen LogP contribution in [0.4, 0.5) is 16.2 Å². The zero-order valence-corrected chi connectivity index (χ0v) is 18.6. The molecule has 0 saturated carbocycles. The van der Waals surface area contributed by atoms with Gasteiger partial charge in [0.1, 0.15) is 5.75 Å². The van der Waals surface area contributed by atoms with E-state index in [0.717, 1.165) is 46.5 Å². The number of thioether (sulfide) groups is 1. The van der Waals surface area contributed by atoms with Gasteiger partial charge in [0.25, 0.3) is 16.8 Å². The Morgan fingerprint density at radius 3 is 2.29 bits per heavy atom. The number of benzene rings is 2. The van der Waals surface area contributed by atoms with Gasteiger partial charge in [0.2, 0.25) is 5.75 Å². The Kier molecular flexibility index (Phi) is 5.90. The number of aryl methyl sites for hydroxylation is 1. The average Bonchev–Trinajstić information content (AvgIpc) is 3.25. The lowest BCUT2D eigenvalue weighted by molar-refractivity contribution is -0.394. The monoisotopic (exact) mass is 480 g/mol. The highest BCUT2D eigenvalue weighted by Crippen LogP contribution is 2.35. The van der Waals surface area contributed by atoms with Crippen molar-refractivity contribution in [2.75, 3.05) is 0 Å². The molecule has 1 aliphatic rings. The topological polar surface area (TPSA) is 147 Å². The number of hydrogen-bond acceptors (Lipinski definition) is 8. The van der Waals surface area contributed by atoms with Crippen molar-refractivity contribution in [1.29, 1.82) is 0 Å². The fraction of sp³-hybridized carbons (Fsp3) is 0.0909. The molecule has 12 heteroatoms. The molecule has 2 aromatic carbocycles. The fourth-order valence-corrected chi connectivity index (χ4v) is 4.20. The molecule has 1 aromatic heterocycles. The number of nitrogens with one attached hydrogen (secondary N) is 1. The Labute approximate surface area is 196 Å². The van der Waals surface area contributed by atoms with Gasteiger partial charge in [0.15, 0.2) is 0 Å². The molecule has 11 nitrogen and oxygen atoms in total. The first-order valence-corrected chi connectivity index (χ1v) is 10.6. The molecule has 4 rings (SSSR count). The molecule has 2 amide bonds. The van der Waals surface area contributed by atoms with Crippen LogP contribution in [0.3, 0.4) is 0 Å². The number of aromatic nitrogens is 1. The van der Waals surface area contributed by atoms with Crippen molar-refractivity contribution in [1.82, 2.24) is 9.88 Å². The van der Waals surface area contributed by atoms with Crippen LogP contribution in [-0.2, 0) is 4.79 Å². The minimum Gasteiger partial charge on any atom is -0.450 e. The lowest BCUT2D eigenvalue weighted by Crippen LogP contribution is -2.17. The Hall–Kier alpha value is -4.45. The van der Waals surface area contributed by atoms with Crippen LogP contribution in [0.25, 0.3) is 11.8 Å². The second-order valence-corrected chi connectivity index (χ2v) is 8.29. The smallest absolute Gasteiger partial charge is 0.318 e. The van der Waals surface area contributed by atoms with Gasteiger partial charge in [0, 0.05) is 23.1 Å². The zero-order chi connectivity index (χ0) is 24.6. The molecular formula is C22H16N4O7S. The summed E-state index contributed by atoms with van der Waals surface area (Å²) in [6, 6.07) is 11.8. The quantitative estimate of drug-likeness (QED) is 0.294. The number of ether oxygens (including phenoxy) is 1. The van der Waals surface area contributed by atoms with Gasteiger partial charge in [0.05, 0.1) is 20.8 Å². The first kappa shape index (κ1) is 22.7. The minimum absolute atomic E-state index is 0.118. The van der Waals surface area contributed by atoms with Gasteiger partial charge in [-0.3, -0.25) is 35.1 Å². The van der Waals surface area contributed by atoms with Crippen LogP contribution in [0.2, 0.25) is 0 Å². The summed E-state index contributed by atoms with van der Waals surface area (Å²) < 4.78 is 7.56. The number of amides is 2. The van der Waals surface area contributed by atoms with E-state index < -0.39 is 32.4 Å². The Balaban J connectivity index is 1.61. The average molecular weight is 480 g/mol. The number of carbonyl (C=O) groups is 2. The Morgan fingerprint density at radius 2 is 1.71 bits per heavy atom. The van der Waals surface area contributed by atoms with E-state index in [1.165, 1.54) is 6.07 Å². The molecule has 0 spiro atoms. The first-order valence-electron chi connectivity index (χ1n) is 9.79. The van der Waals surface area contributed by atoms with Gasteiger partial charge in [-0.05, 0) is 73.6 Å². The van der Waals surface area contributed by atoms with Crippen molar-refractivity contribution in [2.24, 2.45) is 0 Å². The van der Waals surface area contributed by atoms with E-state index in [0.29, 0.717) is 10.7 Å². The predicted molar refractivity (Wildman–Crippen MR) is 124 cm³/mol. The van der Waals surface area contributed by atoms with E-state index in [9.17, 15) is 29.8 Å². The normalized spacial score (nSPS) is 14.4. The molecule has 172 valence electrons. The van der Waals surface area contributed by atoms with Crippen LogP contribution >= 0.6 is 11.8 Å². The van der Waals surface area contributed by atoms with E-state index in [2.05, 4.69) is 5.32 Å². The number of nitrogens with zero attached hydrogens (tertiary/aromatic N) is 3. The molecule has 0 atom stereocenters. The van der Waals surface area contributed by atoms with Gasteiger partial charge >= 0.3 is 5.69 Å². The predicted octanol–water partition coefficient (Wildman–Crippen LogP) is 5.03. The number of non-ortho nitro benzene ring substituents is 1. The highest BCUT2D eigenvalue weighted by Gasteiger charge is 2.26. The number of imide groups is 1. The molecule has 0 unspecified atom stereocenters. The van der Waals surface area contributed by atoms with E-state index in [1.807, 2.05) is 24.5 Å². The summed E-state index contributed by atoms with van der Waals surface area (Å²) in [6.45, 7) is 3.77. The number of hydrogen-bond donors (Lipinski definition) is 1. The number of nitro benzene ring substituents is 2. The van der Waals surface area contributed by atoms with Crippen molar-refractivity contribution in [3.63, 3.8) is 0 Å². The van der Waals surface area contributed by atoms with Crippen molar-refractivity contribution in [3.8, 4) is 17.2 Å². The molecule has 0 aliphatic carbocycles. The van der Waals surface area contributed by atoms with Crippen molar-refractivity contribution in [2.45, 2.75) is 13.8 Å². The summed E-state index contributed by atoms with van der Waals surface area (Å²) >= 11 is 0.847. The van der Waals surface area contributed by atoms with E-state index in [1.54, 1.807) is 30.3 Å². The fourth-order valence-electron chi connectivity index (χ4n) is 3.53. The summed E-state index contributed by atoms with van der Waals surface area (Å²) in [5.41, 5.74) is 2.38.